The molecule has 2 atom stereocenters. The van der Waals surface area contributed by atoms with E-state index in [1.54, 1.807) is 4.57 Å². The fourth-order valence-electron chi connectivity index (χ4n) is 7.44. The van der Waals surface area contributed by atoms with Gasteiger partial charge in [0.15, 0.2) is 17.3 Å². The van der Waals surface area contributed by atoms with E-state index in [-0.39, 0.29) is 34.3 Å². The summed E-state index contributed by atoms with van der Waals surface area (Å²) in [5.74, 6) is -0.640. The number of amides is 2. The van der Waals surface area contributed by atoms with Gasteiger partial charge in [-0.15, -0.1) is 0 Å². The number of carbonyl (C=O) groups excluding carboxylic acids is 2. The molecule has 0 saturated carbocycles. The number of pyridine rings is 1. The number of hydrogen-bond donors (Lipinski definition) is 2. The van der Waals surface area contributed by atoms with Crippen LogP contribution in [0, 0.1) is 5.82 Å². The molecule has 5 heterocycles. The van der Waals surface area contributed by atoms with Gasteiger partial charge >= 0.3 is 0 Å². The first kappa shape index (κ1) is 28.6. The van der Waals surface area contributed by atoms with Crippen LogP contribution >= 0.6 is 0 Å². The highest BCUT2D eigenvalue weighted by molar-refractivity contribution is 6.07. The first-order valence-corrected chi connectivity index (χ1v) is 15.8. The Balaban J connectivity index is 1.27. The van der Waals surface area contributed by atoms with Gasteiger partial charge in [0.05, 0.1) is 11.1 Å². The molecular formula is C35H34FN5O5. The van der Waals surface area contributed by atoms with Crippen molar-refractivity contribution in [3.63, 3.8) is 0 Å². The summed E-state index contributed by atoms with van der Waals surface area (Å²) in [4.78, 5) is 43.3. The number of para-hydroxylation sites is 1. The molecule has 2 aromatic heterocycles. The van der Waals surface area contributed by atoms with Crippen LogP contribution in [0.15, 0.2) is 57.9 Å². The summed E-state index contributed by atoms with van der Waals surface area (Å²) in [7, 11) is 2.08. The largest absolute Gasteiger partial charge is 0.456 e. The van der Waals surface area contributed by atoms with Crippen molar-refractivity contribution >= 4 is 50.3 Å². The number of fused-ring (bicyclic) bond motifs is 5. The number of nitrogens with one attached hydrogen (secondary N) is 2. The average molecular weight is 624 g/mol. The van der Waals surface area contributed by atoms with Crippen LogP contribution in [0.4, 0.5) is 10.1 Å². The lowest BCUT2D eigenvalue weighted by atomic mass is 10.0. The van der Waals surface area contributed by atoms with Crippen molar-refractivity contribution < 1.29 is 23.1 Å². The van der Waals surface area contributed by atoms with Crippen LogP contribution in [0.5, 0.6) is 11.5 Å². The van der Waals surface area contributed by atoms with Crippen molar-refractivity contribution in [1.29, 1.82) is 0 Å². The second kappa shape index (κ2) is 10.9. The summed E-state index contributed by atoms with van der Waals surface area (Å²) in [6, 6.07) is 12.8. The molecule has 1 unspecified atom stereocenters. The van der Waals surface area contributed by atoms with Crippen molar-refractivity contribution in [1.82, 2.24) is 20.1 Å². The van der Waals surface area contributed by atoms with E-state index in [4.69, 9.17) is 9.15 Å². The number of aromatic nitrogens is 1. The van der Waals surface area contributed by atoms with E-state index in [0.717, 1.165) is 36.6 Å². The zero-order valence-corrected chi connectivity index (χ0v) is 25.7. The van der Waals surface area contributed by atoms with Crippen LogP contribution in [-0.2, 0) is 4.79 Å². The number of halogens is 1. The van der Waals surface area contributed by atoms with Crippen molar-refractivity contribution in [2.45, 2.75) is 44.7 Å². The molecule has 3 aliphatic rings. The van der Waals surface area contributed by atoms with Crippen molar-refractivity contribution in [3.8, 4) is 17.2 Å². The van der Waals surface area contributed by atoms with Gasteiger partial charge in [-0.1, -0.05) is 18.2 Å². The Morgan fingerprint density at radius 1 is 1.04 bits per heavy atom. The number of benzene rings is 3. The Hall–Kier alpha value is -4.90. The van der Waals surface area contributed by atoms with Crippen LogP contribution in [-0.4, -0.2) is 66.6 Å². The average Bonchev–Trinajstić information content (AvgIpc) is 3.75. The third-order valence-corrected chi connectivity index (χ3v) is 9.69. The molecule has 236 valence electrons. The molecule has 10 nitrogen and oxygen atoms in total. The molecule has 8 rings (SSSR count). The summed E-state index contributed by atoms with van der Waals surface area (Å²) in [5, 5.41) is 7.64. The van der Waals surface area contributed by atoms with Gasteiger partial charge in [0.25, 0.3) is 5.91 Å². The number of likely N-dealkylation sites (tertiary alicyclic amines) is 1. The molecule has 2 amide bonds. The highest BCUT2D eigenvalue weighted by Crippen LogP contribution is 2.49. The molecule has 3 aliphatic heterocycles. The van der Waals surface area contributed by atoms with Gasteiger partial charge in [-0.25, -0.2) is 4.39 Å². The molecular weight excluding hydrogens is 589 g/mol. The van der Waals surface area contributed by atoms with Gasteiger partial charge in [0, 0.05) is 61.7 Å². The van der Waals surface area contributed by atoms with Crippen LogP contribution in [0.25, 0.3) is 38.5 Å². The Kier molecular flexibility index (Phi) is 6.75. The number of rotatable bonds is 6. The number of anilines is 1. The maximum atomic E-state index is 16.2. The zero-order chi connectivity index (χ0) is 31.7. The highest BCUT2D eigenvalue weighted by atomic mass is 19.1. The number of nitrogens with zero attached hydrogens (tertiary/aromatic N) is 3. The maximum Gasteiger partial charge on any atom is 0.256 e. The quantitative estimate of drug-likeness (QED) is 0.267. The van der Waals surface area contributed by atoms with E-state index in [2.05, 4.69) is 22.6 Å². The maximum absolute atomic E-state index is 16.2. The fraction of sp³-hybridized carbons (Fsp3) is 0.343. The Morgan fingerprint density at radius 2 is 1.89 bits per heavy atom. The number of hydrogen-bond acceptors (Lipinski definition) is 7. The van der Waals surface area contributed by atoms with E-state index >= 15 is 4.39 Å². The predicted molar refractivity (Wildman–Crippen MR) is 174 cm³/mol. The van der Waals surface area contributed by atoms with Crippen molar-refractivity contribution in [2.24, 2.45) is 0 Å². The van der Waals surface area contributed by atoms with Crippen LogP contribution in [0.2, 0.25) is 0 Å². The standard InChI is InChI=1S/C35H34FN5O5/c1-19(42)38-20-10-13-40(17-20)32-26(36)14-24-31-34(32)46-30-15-23-22-7-3-4-8-28(22)45-29(23)16-27(30)41(31)18-25(33(24)43)35(44)37-11-9-21-6-5-12-39(21)2/h3-4,7-8,14-16,18,20-21H,5-6,9-13,17H2,1-2H3,(H,37,44)(H,38,42)/t20-,21?/m1/s1. The monoisotopic (exact) mass is 623 g/mol. The highest BCUT2D eigenvalue weighted by Gasteiger charge is 2.34. The molecule has 2 saturated heterocycles. The van der Waals surface area contributed by atoms with Gasteiger partial charge in [0.1, 0.15) is 27.9 Å². The molecule has 46 heavy (non-hydrogen) atoms. The fourth-order valence-corrected chi connectivity index (χ4v) is 7.44. The van der Waals surface area contributed by atoms with E-state index in [0.29, 0.717) is 60.2 Å². The lowest BCUT2D eigenvalue weighted by molar-refractivity contribution is -0.119. The summed E-state index contributed by atoms with van der Waals surface area (Å²) >= 11 is 0. The second-order valence-electron chi connectivity index (χ2n) is 12.6. The molecule has 2 fully saturated rings. The number of ether oxygens (including phenoxy) is 1. The SMILES string of the molecule is CC(=O)N[C@@H]1CCN(c2c(F)cc3c(=O)c(C(=O)NCCC4CCCN4C)cn4c3c2Oc2cc3c(cc2-4)oc2ccccc23)C1. The summed E-state index contributed by atoms with van der Waals surface area (Å²) in [5.41, 5.74) is 1.85. The molecule has 0 aliphatic carbocycles. The first-order valence-electron chi connectivity index (χ1n) is 15.8. The minimum atomic E-state index is -0.630. The molecule has 2 N–H and O–H groups in total. The van der Waals surface area contributed by atoms with Crippen LogP contribution in [0.1, 0.15) is 43.0 Å². The van der Waals surface area contributed by atoms with Gasteiger partial charge in [-0.05, 0) is 57.5 Å². The first-order chi connectivity index (χ1) is 22.3. The molecule has 0 radical (unpaired) electrons. The summed E-state index contributed by atoms with van der Waals surface area (Å²) in [6.45, 7) is 3.80. The van der Waals surface area contributed by atoms with Gasteiger partial charge in [0.2, 0.25) is 11.3 Å². The number of furan rings is 1. The second-order valence-corrected chi connectivity index (χ2v) is 12.6. The topological polar surface area (TPSA) is 109 Å². The third-order valence-electron chi connectivity index (χ3n) is 9.69. The Morgan fingerprint density at radius 3 is 2.70 bits per heavy atom. The van der Waals surface area contributed by atoms with Crippen molar-refractivity contribution in [2.75, 3.05) is 38.1 Å². The van der Waals surface area contributed by atoms with Crippen LogP contribution in [0.3, 0.4) is 0 Å². The van der Waals surface area contributed by atoms with E-state index in [1.807, 2.05) is 41.3 Å². The minimum Gasteiger partial charge on any atom is -0.456 e. The lowest BCUT2D eigenvalue weighted by Gasteiger charge is -2.29. The predicted octanol–water partition coefficient (Wildman–Crippen LogP) is 5.06. The van der Waals surface area contributed by atoms with Gasteiger partial charge in [-0.2, -0.15) is 0 Å². The summed E-state index contributed by atoms with van der Waals surface area (Å²) in [6.07, 6.45) is 5.16. The molecule has 3 aromatic carbocycles. The smallest absolute Gasteiger partial charge is 0.256 e. The van der Waals surface area contributed by atoms with E-state index in [1.165, 1.54) is 19.2 Å². The Bertz CT molecular complexity index is 2140. The van der Waals surface area contributed by atoms with Gasteiger partial charge in [-0.3, -0.25) is 14.4 Å². The number of carbonyl (C=O) groups is 2. The Labute approximate surface area is 263 Å². The van der Waals surface area contributed by atoms with Crippen LogP contribution < -0.4 is 25.7 Å². The summed E-state index contributed by atoms with van der Waals surface area (Å²) < 4.78 is 30.6. The normalized spacial score (nSPS) is 19.2. The van der Waals surface area contributed by atoms with E-state index in [9.17, 15) is 14.4 Å². The minimum absolute atomic E-state index is 0.0485. The molecule has 0 spiro atoms. The molecule has 0 bridgehead atoms. The third kappa shape index (κ3) is 4.60. The lowest BCUT2D eigenvalue weighted by Crippen LogP contribution is -2.36. The molecule has 11 heteroatoms. The zero-order valence-electron chi connectivity index (χ0n) is 25.7. The van der Waals surface area contributed by atoms with E-state index < -0.39 is 17.2 Å². The molecule has 5 aromatic rings. The van der Waals surface area contributed by atoms with Gasteiger partial charge < -0.3 is 34.2 Å². The van der Waals surface area contributed by atoms with Crippen molar-refractivity contribution in [3.05, 3.63) is 70.3 Å².